The lowest BCUT2D eigenvalue weighted by atomic mass is 9.79. The second-order valence-electron chi connectivity index (χ2n) is 3.83. The Morgan fingerprint density at radius 3 is 3.13 bits per heavy atom. The van der Waals surface area contributed by atoms with Gasteiger partial charge in [-0.3, -0.25) is 4.79 Å². The minimum atomic E-state index is -0.780. The van der Waals surface area contributed by atoms with E-state index >= 15 is 0 Å². The maximum atomic E-state index is 11.4. The molecule has 0 amide bonds. The molecular formula is C10H13NO3S. The van der Waals surface area contributed by atoms with E-state index in [1.54, 1.807) is 6.20 Å². The molecule has 0 aliphatic carbocycles. The average Bonchev–Trinajstić information content (AvgIpc) is 2.78. The van der Waals surface area contributed by atoms with E-state index in [4.69, 9.17) is 4.74 Å². The fourth-order valence-corrected chi connectivity index (χ4v) is 2.72. The summed E-state index contributed by atoms with van der Waals surface area (Å²) in [6.07, 6.45) is 2.51. The number of carboxylic acids is 1. The first-order chi connectivity index (χ1) is 7.15. The Bertz CT molecular complexity index is 352. The second kappa shape index (κ2) is 3.90. The van der Waals surface area contributed by atoms with Gasteiger partial charge in [-0.25, -0.2) is 4.98 Å². The van der Waals surface area contributed by atoms with Crippen LogP contribution in [0.15, 0.2) is 11.6 Å². The first kappa shape index (κ1) is 10.6. The molecule has 0 spiro atoms. The van der Waals surface area contributed by atoms with Gasteiger partial charge in [0.05, 0.1) is 11.1 Å². The van der Waals surface area contributed by atoms with Gasteiger partial charge < -0.3 is 9.84 Å². The van der Waals surface area contributed by atoms with E-state index in [0.29, 0.717) is 19.4 Å². The van der Waals surface area contributed by atoms with E-state index in [0.717, 1.165) is 5.01 Å². The average molecular weight is 227 g/mol. The molecule has 5 heteroatoms. The number of aliphatic carboxylic acids is 1. The number of hydrogen-bond acceptors (Lipinski definition) is 4. The molecule has 1 aromatic rings. The summed E-state index contributed by atoms with van der Waals surface area (Å²) in [5.74, 6) is -0.775. The molecule has 0 aromatic carbocycles. The highest BCUT2D eigenvalue weighted by molar-refractivity contribution is 7.09. The van der Waals surface area contributed by atoms with Gasteiger partial charge in [0.1, 0.15) is 5.41 Å². The van der Waals surface area contributed by atoms with E-state index in [1.165, 1.54) is 11.3 Å². The van der Waals surface area contributed by atoms with E-state index in [1.807, 2.05) is 12.3 Å². The Morgan fingerprint density at radius 2 is 2.67 bits per heavy atom. The van der Waals surface area contributed by atoms with Gasteiger partial charge in [0.2, 0.25) is 0 Å². The highest BCUT2D eigenvalue weighted by atomic mass is 32.1. The van der Waals surface area contributed by atoms with Crippen molar-refractivity contribution < 1.29 is 14.6 Å². The number of rotatable bonds is 3. The fraction of sp³-hybridized carbons (Fsp3) is 0.600. The number of carbonyl (C=O) groups is 1. The lowest BCUT2D eigenvalue weighted by Gasteiger charge is -2.26. The van der Waals surface area contributed by atoms with Crippen molar-refractivity contribution in [2.24, 2.45) is 5.41 Å². The van der Waals surface area contributed by atoms with Crippen molar-refractivity contribution in [2.75, 3.05) is 6.61 Å². The van der Waals surface area contributed by atoms with Crippen molar-refractivity contribution in [3.8, 4) is 0 Å². The highest BCUT2D eigenvalue weighted by Gasteiger charge is 2.48. The third-order valence-electron chi connectivity index (χ3n) is 3.07. The maximum Gasteiger partial charge on any atom is 0.312 e. The Kier molecular flexibility index (Phi) is 2.75. The molecule has 1 fully saturated rings. The molecule has 1 aromatic heterocycles. The van der Waals surface area contributed by atoms with Crippen LogP contribution < -0.4 is 0 Å². The Morgan fingerprint density at radius 1 is 1.87 bits per heavy atom. The molecule has 1 N–H and O–H groups in total. The molecule has 2 atom stereocenters. The molecule has 15 heavy (non-hydrogen) atoms. The number of thiazole rings is 1. The van der Waals surface area contributed by atoms with E-state index < -0.39 is 11.4 Å². The summed E-state index contributed by atoms with van der Waals surface area (Å²) >= 11 is 1.50. The highest BCUT2D eigenvalue weighted by Crippen LogP contribution is 2.38. The standard InChI is InChI=1S/C10H13NO3S/c1-7-10(9(12)13,2-4-14-7)6-8-11-3-5-15-8/h3,5,7H,2,4,6H2,1H3,(H,12,13). The maximum absolute atomic E-state index is 11.4. The summed E-state index contributed by atoms with van der Waals surface area (Å²) < 4.78 is 5.37. The van der Waals surface area contributed by atoms with Gasteiger partial charge in [-0.1, -0.05) is 0 Å². The van der Waals surface area contributed by atoms with E-state index in [-0.39, 0.29) is 6.10 Å². The van der Waals surface area contributed by atoms with Crippen LogP contribution in [-0.4, -0.2) is 28.8 Å². The Balaban J connectivity index is 2.24. The van der Waals surface area contributed by atoms with Gasteiger partial charge in [0.25, 0.3) is 0 Å². The summed E-state index contributed by atoms with van der Waals surface area (Å²) in [6, 6.07) is 0. The number of carboxylic acid groups (broad SMARTS) is 1. The minimum Gasteiger partial charge on any atom is -0.481 e. The lowest BCUT2D eigenvalue weighted by molar-refractivity contribution is -0.151. The zero-order chi connectivity index (χ0) is 10.9. The van der Waals surface area contributed by atoms with Crippen LogP contribution in [0.25, 0.3) is 0 Å². The number of ether oxygens (including phenoxy) is 1. The fourth-order valence-electron chi connectivity index (χ4n) is 1.98. The van der Waals surface area contributed by atoms with Crippen molar-refractivity contribution in [1.29, 1.82) is 0 Å². The SMILES string of the molecule is CC1OCCC1(Cc1nccs1)C(=O)O. The third-order valence-corrected chi connectivity index (χ3v) is 3.85. The molecule has 0 saturated carbocycles. The molecule has 1 aliphatic rings. The molecule has 2 heterocycles. The number of nitrogens with zero attached hydrogens (tertiary/aromatic N) is 1. The molecule has 82 valence electrons. The van der Waals surface area contributed by atoms with Crippen LogP contribution in [0.5, 0.6) is 0 Å². The van der Waals surface area contributed by atoms with Gasteiger partial charge in [-0.15, -0.1) is 11.3 Å². The van der Waals surface area contributed by atoms with Crippen molar-refractivity contribution in [3.63, 3.8) is 0 Å². The van der Waals surface area contributed by atoms with E-state index in [2.05, 4.69) is 4.98 Å². The third kappa shape index (κ3) is 1.77. The van der Waals surface area contributed by atoms with Gasteiger partial charge in [0.15, 0.2) is 0 Å². The summed E-state index contributed by atoms with van der Waals surface area (Å²) in [5, 5.41) is 12.1. The van der Waals surface area contributed by atoms with Crippen molar-refractivity contribution in [3.05, 3.63) is 16.6 Å². The molecule has 1 aliphatic heterocycles. The first-order valence-corrected chi connectivity index (χ1v) is 5.76. The Hall–Kier alpha value is -0.940. The van der Waals surface area contributed by atoms with Gasteiger partial charge >= 0.3 is 5.97 Å². The zero-order valence-electron chi connectivity index (χ0n) is 8.47. The van der Waals surface area contributed by atoms with Gasteiger partial charge in [-0.2, -0.15) is 0 Å². The molecule has 2 unspecified atom stereocenters. The van der Waals surface area contributed by atoms with Crippen LogP contribution >= 0.6 is 11.3 Å². The summed E-state index contributed by atoms with van der Waals surface area (Å²) in [6.45, 7) is 2.35. The van der Waals surface area contributed by atoms with Crippen LogP contribution in [0.4, 0.5) is 0 Å². The normalized spacial score (nSPS) is 30.6. The van der Waals surface area contributed by atoms with Gasteiger partial charge in [0, 0.05) is 24.6 Å². The van der Waals surface area contributed by atoms with Crippen molar-refractivity contribution in [1.82, 2.24) is 4.98 Å². The smallest absolute Gasteiger partial charge is 0.312 e. The van der Waals surface area contributed by atoms with Crippen LogP contribution in [-0.2, 0) is 16.0 Å². The summed E-state index contributed by atoms with van der Waals surface area (Å²) in [4.78, 5) is 15.5. The molecule has 1 saturated heterocycles. The number of aromatic nitrogens is 1. The van der Waals surface area contributed by atoms with Crippen molar-refractivity contribution in [2.45, 2.75) is 25.9 Å². The predicted octanol–water partition coefficient (Wildman–Crippen LogP) is 1.57. The van der Waals surface area contributed by atoms with Crippen LogP contribution in [0.2, 0.25) is 0 Å². The van der Waals surface area contributed by atoms with Gasteiger partial charge in [-0.05, 0) is 13.3 Å². The van der Waals surface area contributed by atoms with E-state index in [9.17, 15) is 9.90 Å². The predicted molar refractivity (Wildman–Crippen MR) is 55.9 cm³/mol. The minimum absolute atomic E-state index is 0.237. The Labute approximate surface area is 91.9 Å². The monoisotopic (exact) mass is 227 g/mol. The van der Waals surface area contributed by atoms with Crippen LogP contribution in [0.3, 0.4) is 0 Å². The van der Waals surface area contributed by atoms with Crippen LogP contribution in [0.1, 0.15) is 18.4 Å². The molecular weight excluding hydrogens is 214 g/mol. The zero-order valence-corrected chi connectivity index (χ0v) is 9.29. The molecule has 2 rings (SSSR count). The summed E-state index contributed by atoms with van der Waals surface area (Å²) in [5.41, 5.74) is -0.780. The second-order valence-corrected chi connectivity index (χ2v) is 4.81. The molecule has 0 bridgehead atoms. The number of hydrogen-bond donors (Lipinski definition) is 1. The van der Waals surface area contributed by atoms with Crippen LogP contribution in [0, 0.1) is 5.41 Å². The molecule has 4 nitrogen and oxygen atoms in total. The quantitative estimate of drug-likeness (QED) is 0.851. The summed E-state index contributed by atoms with van der Waals surface area (Å²) in [7, 11) is 0. The first-order valence-electron chi connectivity index (χ1n) is 4.88. The van der Waals surface area contributed by atoms with Crippen molar-refractivity contribution >= 4 is 17.3 Å². The molecule has 0 radical (unpaired) electrons. The lowest BCUT2D eigenvalue weighted by Crippen LogP contribution is -2.39. The topological polar surface area (TPSA) is 59.4 Å². The largest absolute Gasteiger partial charge is 0.481 e.